The molecule has 6 rings (SSSR count). The number of aromatic nitrogens is 2. The molecule has 0 unspecified atom stereocenters. The minimum atomic E-state index is 0.0392. The van der Waals surface area contributed by atoms with Crippen molar-refractivity contribution in [3.8, 4) is 45.3 Å². The summed E-state index contributed by atoms with van der Waals surface area (Å²) < 4.78 is 23.6. The molecule has 0 spiro atoms. The summed E-state index contributed by atoms with van der Waals surface area (Å²) in [4.78, 5) is 7.44. The first-order chi connectivity index (χ1) is 24.8. The Morgan fingerprint density at radius 3 is 1.33 bits per heavy atom. The maximum atomic E-state index is 5.98. The van der Waals surface area contributed by atoms with Gasteiger partial charge in [0.25, 0.3) is 0 Å². The summed E-state index contributed by atoms with van der Waals surface area (Å²) in [7, 11) is 6.46. The zero-order chi connectivity index (χ0) is 36.1. The molecule has 0 amide bonds. The zero-order valence-corrected chi connectivity index (χ0v) is 29.9. The van der Waals surface area contributed by atoms with Crippen molar-refractivity contribution in [3.63, 3.8) is 0 Å². The average Bonchev–Trinajstić information content (AvgIpc) is 3.71. The van der Waals surface area contributed by atoms with Crippen LogP contribution >= 0.6 is 24.4 Å². The third-order valence-electron chi connectivity index (χ3n) is 8.34. The average molecular weight is 721 g/mol. The van der Waals surface area contributed by atoms with E-state index in [0.717, 1.165) is 55.4 Å². The fraction of sp³-hybridized carbons (Fsp3) is 0.135. The lowest BCUT2D eigenvalue weighted by atomic mass is 9.95. The van der Waals surface area contributed by atoms with Gasteiger partial charge in [-0.15, -0.1) is 0 Å². The van der Waals surface area contributed by atoms with Crippen LogP contribution in [0.4, 0.5) is 0 Å². The molecule has 0 aliphatic carbocycles. The molecule has 51 heavy (non-hydrogen) atoms. The largest absolute Gasteiger partial charge is 0.496 e. The van der Waals surface area contributed by atoms with E-state index in [1.165, 1.54) is 0 Å². The van der Waals surface area contributed by atoms with Crippen molar-refractivity contribution < 1.29 is 18.9 Å². The van der Waals surface area contributed by atoms with E-state index < -0.39 is 0 Å². The molecule has 0 bridgehead atoms. The normalized spacial score (nSPS) is 11.4. The van der Waals surface area contributed by atoms with Gasteiger partial charge in [0.1, 0.15) is 23.0 Å². The SMILES string of the molecule is COc1cc(OC)c2c(-c3ccccc3)c(Cc3[nH]c4c(/C=N/NC(N)=S)c(OC)cc(OC)c4c3-c3ccccc3)[nH]c2c1/C=N/NC(N)=S. The van der Waals surface area contributed by atoms with Crippen molar-refractivity contribution >= 4 is 68.9 Å². The molecule has 8 N–H and O–H groups in total. The second-order valence-corrected chi connectivity index (χ2v) is 12.1. The molecule has 0 saturated heterocycles. The van der Waals surface area contributed by atoms with Crippen molar-refractivity contribution in [1.82, 2.24) is 20.8 Å². The van der Waals surface area contributed by atoms with E-state index in [2.05, 4.69) is 55.3 Å². The van der Waals surface area contributed by atoms with Gasteiger partial charge in [-0.2, -0.15) is 10.2 Å². The Kier molecular flexibility index (Phi) is 10.3. The van der Waals surface area contributed by atoms with Gasteiger partial charge in [-0.05, 0) is 35.6 Å². The van der Waals surface area contributed by atoms with Crippen LogP contribution in [0.15, 0.2) is 83.0 Å². The first-order valence-electron chi connectivity index (χ1n) is 15.7. The number of hydrogen-bond donors (Lipinski definition) is 6. The van der Waals surface area contributed by atoms with Crippen LogP contribution in [0.25, 0.3) is 44.1 Å². The lowest BCUT2D eigenvalue weighted by molar-refractivity contribution is 0.397. The second kappa shape index (κ2) is 15.2. The van der Waals surface area contributed by atoms with Crippen LogP contribution in [0.5, 0.6) is 23.0 Å². The summed E-state index contributed by atoms with van der Waals surface area (Å²) >= 11 is 9.95. The van der Waals surface area contributed by atoms with E-state index in [0.29, 0.717) is 40.5 Å². The molecule has 260 valence electrons. The number of hydrazone groups is 2. The monoisotopic (exact) mass is 720 g/mol. The van der Waals surface area contributed by atoms with Crippen LogP contribution in [-0.4, -0.2) is 61.1 Å². The lowest BCUT2D eigenvalue weighted by Gasteiger charge is -2.12. The minimum absolute atomic E-state index is 0.0392. The number of thiocarbonyl (C=S) groups is 2. The number of fused-ring (bicyclic) bond motifs is 2. The Hall–Kier alpha value is -6.12. The number of ether oxygens (including phenoxy) is 4. The number of H-pyrrole nitrogens is 2. The zero-order valence-electron chi connectivity index (χ0n) is 28.3. The molecule has 4 aromatic carbocycles. The van der Waals surface area contributed by atoms with Gasteiger partial charge in [0.2, 0.25) is 0 Å². The van der Waals surface area contributed by atoms with Crippen molar-refractivity contribution in [1.29, 1.82) is 0 Å². The van der Waals surface area contributed by atoms with E-state index in [4.69, 9.17) is 54.9 Å². The molecule has 0 aliphatic rings. The molecule has 2 aromatic heterocycles. The van der Waals surface area contributed by atoms with E-state index in [1.54, 1.807) is 40.9 Å². The van der Waals surface area contributed by atoms with Gasteiger partial charge in [0.15, 0.2) is 10.2 Å². The van der Waals surface area contributed by atoms with Gasteiger partial charge in [0, 0.05) is 41.1 Å². The van der Waals surface area contributed by atoms with Crippen LogP contribution in [0.3, 0.4) is 0 Å². The minimum Gasteiger partial charge on any atom is -0.496 e. The second-order valence-electron chi connectivity index (χ2n) is 11.2. The van der Waals surface area contributed by atoms with Crippen molar-refractivity contribution in [2.24, 2.45) is 21.7 Å². The molecule has 12 nitrogen and oxygen atoms in total. The van der Waals surface area contributed by atoms with Crippen LogP contribution in [0.1, 0.15) is 22.5 Å². The molecule has 14 heteroatoms. The predicted octanol–water partition coefficient (Wildman–Crippen LogP) is 5.94. The number of nitrogens with zero attached hydrogens (tertiary/aromatic N) is 2. The van der Waals surface area contributed by atoms with Crippen LogP contribution in [-0.2, 0) is 6.42 Å². The highest BCUT2D eigenvalue weighted by Crippen LogP contribution is 2.46. The smallest absolute Gasteiger partial charge is 0.184 e. The Morgan fingerprint density at radius 2 is 1.00 bits per heavy atom. The number of rotatable bonds is 12. The van der Waals surface area contributed by atoms with Gasteiger partial charge in [-0.1, -0.05) is 60.7 Å². The first kappa shape index (κ1) is 34.7. The molecular weight excluding hydrogens is 685 g/mol. The maximum absolute atomic E-state index is 5.98. The number of aromatic amines is 2. The topological polar surface area (TPSA) is 169 Å². The first-order valence-corrected chi connectivity index (χ1v) is 16.5. The van der Waals surface area contributed by atoms with E-state index in [1.807, 2.05) is 48.5 Å². The molecule has 6 aromatic rings. The van der Waals surface area contributed by atoms with Crippen LogP contribution in [0, 0.1) is 0 Å². The van der Waals surface area contributed by atoms with Gasteiger partial charge >= 0.3 is 0 Å². The molecule has 0 saturated carbocycles. The maximum Gasteiger partial charge on any atom is 0.184 e. The lowest BCUT2D eigenvalue weighted by Crippen LogP contribution is -2.24. The summed E-state index contributed by atoms with van der Waals surface area (Å²) in [5.41, 5.74) is 25.1. The van der Waals surface area contributed by atoms with E-state index >= 15 is 0 Å². The highest BCUT2D eigenvalue weighted by molar-refractivity contribution is 7.80. The molecule has 2 heterocycles. The van der Waals surface area contributed by atoms with Crippen molar-refractivity contribution in [2.75, 3.05) is 28.4 Å². The molecule has 0 atom stereocenters. The summed E-state index contributed by atoms with van der Waals surface area (Å²) in [6.07, 6.45) is 3.67. The standard InChI is InChI=1S/C37H36N8O4S2/c1-46-26-16-28(48-3)32-30(20-11-7-5-8-12-20)24(42-34(32)22(26)18-40-44-36(38)50)15-25-31(21-13-9-6-10-14-21)33-29(49-4)17-27(47-2)23(35(33)43-25)19-41-45-37(39)51/h5-14,16-19,42-43H,15H2,1-4H3,(H3,38,44,50)(H3,39,45,51)/b40-18+,41-19+. The summed E-state index contributed by atoms with van der Waals surface area (Å²) in [6.45, 7) is 0. The Balaban J connectivity index is 1.69. The molecule has 0 radical (unpaired) electrons. The number of benzene rings is 4. The Bertz CT molecular complexity index is 2140. The Morgan fingerprint density at radius 1 is 0.627 bits per heavy atom. The van der Waals surface area contributed by atoms with Gasteiger partial charge in [-0.3, -0.25) is 10.9 Å². The fourth-order valence-electron chi connectivity index (χ4n) is 6.31. The number of methoxy groups -OCH3 is 4. The summed E-state index contributed by atoms with van der Waals surface area (Å²) in [5.74, 6) is 2.33. The van der Waals surface area contributed by atoms with E-state index in [9.17, 15) is 0 Å². The van der Waals surface area contributed by atoms with Gasteiger partial charge in [-0.25, -0.2) is 0 Å². The van der Waals surface area contributed by atoms with Gasteiger partial charge in [0.05, 0.1) is 73.8 Å². The van der Waals surface area contributed by atoms with Gasteiger partial charge < -0.3 is 40.4 Å². The van der Waals surface area contributed by atoms with Crippen LogP contribution < -0.4 is 41.3 Å². The highest BCUT2D eigenvalue weighted by atomic mass is 32.1. The molecular formula is C37H36N8O4S2. The quantitative estimate of drug-likeness (QED) is 0.0505. The fourth-order valence-corrected chi connectivity index (χ4v) is 6.42. The summed E-state index contributed by atoms with van der Waals surface area (Å²) in [6, 6.07) is 23.9. The third kappa shape index (κ3) is 6.87. The van der Waals surface area contributed by atoms with Crippen molar-refractivity contribution in [2.45, 2.75) is 6.42 Å². The number of nitrogens with one attached hydrogen (secondary N) is 4. The van der Waals surface area contributed by atoms with Crippen LogP contribution in [0.2, 0.25) is 0 Å². The highest BCUT2D eigenvalue weighted by Gasteiger charge is 2.26. The summed E-state index contributed by atoms with van der Waals surface area (Å²) in [5, 5.41) is 10.3. The number of nitrogens with two attached hydrogens (primary N) is 2. The molecule has 0 aliphatic heterocycles. The third-order valence-corrected chi connectivity index (χ3v) is 8.52. The number of hydrogen-bond acceptors (Lipinski definition) is 8. The predicted molar refractivity (Wildman–Crippen MR) is 212 cm³/mol. The Labute approximate surface area is 304 Å². The van der Waals surface area contributed by atoms with Crippen molar-refractivity contribution in [3.05, 3.63) is 95.3 Å². The van der Waals surface area contributed by atoms with E-state index in [-0.39, 0.29) is 10.2 Å². The molecule has 0 fully saturated rings.